The summed E-state index contributed by atoms with van der Waals surface area (Å²) in [5.74, 6) is -0.389. The van der Waals surface area contributed by atoms with Gasteiger partial charge in [0.15, 0.2) is 5.78 Å². The van der Waals surface area contributed by atoms with E-state index in [9.17, 15) is 13.6 Å². The van der Waals surface area contributed by atoms with E-state index in [-0.39, 0.29) is 43.5 Å². The van der Waals surface area contributed by atoms with E-state index in [2.05, 4.69) is 10.6 Å². The van der Waals surface area contributed by atoms with Crippen molar-refractivity contribution in [1.29, 1.82) is 0 Å². The number of aliphatic hydroxyl groups is 1. The van der Waals surface area contributed by atoms with Crippen LogP contribution < -0.4 is 24.8 Å². The lowest BCUT2D eigenvalue weighted by molar-refractivity contribution is -0.116. The second kappa shape index (κ2) is 11.9. The topological polar surface area (TPSA) is 89.1 Å². The largest absolute Gasteiger partial charge is 0.497 e. The molecule has 7 nitrogen and oxygen atoms in total. The third kappa shape index (κ3) is 5.93. The monoisotopic (exact) mass is 540 g/mol. The molecule has 0 spiro atoms. The summed E-state index contributed by atoms with van der Waals surface area (Å²) in [5, 5.41) is 15.6. The molecule has 0 fully saturated rings. The minimum Gasteiger partial charge on any atom is -0.497 e. The van der Waals surface area contributed by atoms with Gasteiger partial charge in [-0.2, -0.15) is 0 Å². The molecular weight excluding hydrogens is 506 g/mol. The number of halogens is 2. The number of carbonyl (C=O) groups excluding carboxylic acids is 1. The Balaban J connectivity index is 1.70. The molecule has 1 heterocycles. The summed E-state index contributed by atoms with van der Waals surface area (Å²) in [4.78, 5) is 14.2. The van der Waals surface area contributed by atoms with Crippen LogP contribution in [0.3, 0.4) is 0 Å². The lowest BCUT2D eigenvalue weighted by Gasteiger charge is -2.32. The fourth-order valence-electron chi connectivity index (χ4n) is 5.00. The van der Waals surface area contributed by atoms with Crippen molar-refractivity contribution in [2.75, 3.05) is 39.3 Å². The van der Waals surface area contributed by atoms with Gasteiger partial charge in [0.25, 0.3) is 0 Å². The Morgan fingerprint density at radius 2 is 1.92 bits per heavy atom. The van der Waals surface area contributed by atoms with Gasteiger partial charge >= 0.3 is 0 Å². The molecule has 39 heavy (non-hydrogen) atoms. The Morgan fingerprint density at radius 3 is 2.62 bits per heavy atom. The van der Waals surface area contributed by atoms with E-state index >= 15 is 0 Å². The SMILES string of the molecule is CCC1=C(F)CC2(C)NC=C(C(=O)C(CNc3cc(OC)cc(OCCO)c3)c3ccc(F)cc3OC)C2=C1. The number of nitrogens with one attached hydrogen (secondary N) is 2. The van der Waals surface area contributed by atoms with Crippen LogP contribution in [0.5, 0.6) is 17.2 Å². The number of benzene rings is 2. The zero-order valence-electron chi connectivity index (χ0n) is 22.6. The van der Waals surface area contributed by atoms with Crippen LogP contribution in [0.2, 0.25) is 0 Å². The summed E-state index contributed by atoms with van der Waals surface area (Å²) in [6.07, 6.45) is 4.08. The minimum atomic E-state index is -0.773. The number of anilines is 1. The highest BCUT2D eigenvalue weighted by Gasteiger charge is 2.43. The molecule has 3 N–H and O–H groups in total. The zero-order valence-corrected chi connectivity index (χ0v) is 22.6. The molecule has 0 saturated carbocycles. The highest BCUT2D eigenvalue weighted by Crippen LogP contribution is 2.43. The highest BCUT2D eigenvalue weighted by molar-refractivity contribution is 6.06. The number of Topliss-reactive ketones (excluding diaryl/α,β-unsaturated/α-hetero) is 1. The van der Waals surface area contributed by atoms with Crippen LogP contribution in [0.1, 0.15) is 38.2 Å². The predicted molar refractivity (Wildman–Crippen MR) is 146 cm³/mol. The molecule has 2 aromatic carbocycles. The van der Waals surface area contributed by atoms with Gasteiger partial charge in [-0.1, -0.05) is 19.1 Å². The van der Waals surface area contributed by atoms with Gasteiger partial charge < -0.3 is 30.0 Å². The molecule has 208 valence electrons. The molecule has 4 rings (SSSR count). The van der Waals surface area contributed by atoms with Crippen LogP contribution in [0.15, 0.2) is 71.2 Å². The third-order valence-corrected chi connectivity index (χ3v) is 7.12. The third-order valence-electron chi connectivity index (χ3n) is 7.12. The normalized spacial score (nSPS) is 18.9. The van der Waals surface area contributed by atoms with Crippen molar-refractivity contribution in [3.05, 3.63) is 82.6 Å². The van der Waals surface area contributed by atoms with Gasteiger partial charge in [-0.15, -0.1) is 0 Å². The van der Waals surface area contributed by atoms with Crippen LogP contribution in [-0.4, -0.2) is 50.4 Å². The van der Waals surface area contributed by atoms with Crippen molar-refractivity contribution in [1.82, 2.24) is 5.32 Å². The first-order valence-electron chi connectivity index (χ1n) is 12.8. The van der Waals surface area contributed by atoms with Crippen LogP contribution in [-0.2, 0) is 4.79 Å². The van der Waals surface area contributed by atoms with E-state index in [1.165, 1.54) is 26.4 Å². The fourth-order valence-corrected chi connectivity index (χ4v) is 5.00. The molecule has 0 radical (unpaired) electrons. The lowest BCUT2D eigenvalue weighted by atomic mass is 9.77. The summed E-state index contributed by atoms with van der Waals surface area (Å²) in [5.41, 5.74) is 2.17. The molecule has 0 amide bonds. The standard InChI is InChI=1S/C30H34F2N2O5/c1-5-18-10-26-25(17-34-30(26,2)15-27(18)32)29(36)24(23-7-6-19(31)11-28(23)38-4)16-33-20-12-21(37-3)14-22(13-20)39-9-8-35/h6-7,10-14,17,24,33-35H,5,8-9,15-16H2,1-4H3. The van der Waals surface area contributed by atoms with Crippen LogP contribution >= 0.6 is 0 Å². The Hall–Kier alpha value is -3.85. The first-order chi connectivity index (χ1) is 18.7. The quantitative estimate of drug-likeness (QED) is 0.342. The second-order valence-electron chi connectivity index (χ2n) is 9.71. The van der Waals surface area contributed by atoms with E-state index in [0.29, 0.717) is 40.3 Å². The van der Waals surface area contributed by atoms with Gasteiger partial charge in [0, 0.05) is 60.3 Å². The number of rotatable bonds is 12. The number of allylic oxidation sites excluding steroid dienone is 2. The fraction of sp³-hybridized carbons (Fsp3) is 0.367. The average molecular weight is 541 g/mol. The minimum absolute atomic E-state index is 0.115. The molecule has 1 aliphatic heterocycles. The summed E-state index contributed by atoms with van der Waals surface area (Å²) in [7, 11) is 2.96. The van der Waals surface area contributed by atoms with E-state index < -0.39 is 17.3 Å². The molecule has 0 saturated heterocycles. The van der Waals surface area contributed by atoms with E-state index in [0.717, 1.165) is 5.57 Å². The molecule has 2 unspecified atom stereocenters. The van der Waals surface area contributed by atoms with Crippen molar-refractivity contribution < 1.29 is 32.9 Å². The molecule has 2 aliphatic rings. The molecule has 9 heteroatoms. The Morgan fingerprint density at radius 1 is 1.15 bits per heavy atom. The first kappa shape index (κ1) is 28.2. The number of aliphatic hydroxyl groups excluding tert-OH is 1. The zero-order chi connectivity index (χ0) is 28.2. The average Bonchev–Trinajstić information content (AvgIpc) is 3.27. The van der Waals surface area contributed by atoms with Crippen LogP contribution in [0.25, 0.3) is 0 Å². The van der Waals surface area contributed by atoms with Gasteiger partial charge in [0.2, 0.25) is 0 Å². The number of fused-ring (bicyclic) bond motifs is 1. The van der Waals surface area contributed by atoms with Crippen molar-refractivity contribution >= 4 is 11.5 Å². The van der Waals surface area contributed by atoms with Gasteiger partial charge in [-0.05, 0) is 30.6 Å². The number of carbonyl (C=O) groups is 1. The van der Waals surface area contributed by atoms with Crippen molar-refractivity contribution in [2.24, 2.45) is 0 Å². The van der Waals surface area contributed by atoms with Crippen LogP contribution in [0.4, 0.5) is 14.5 Å². The van der Waals surface area contributed by atoms with Crippen molar-refractivity contribution in [3.63, 3.8) is 0 Å². The second-order valence-corrected chi connectivity index (χ2v) is 9.71. The molecule has 0 aromatic heterocycles. The maximum Gasteiger partial charge on any atom is 0.174 e. The summed E-state index contributed by atoms with van der Waals surface area (Å²) in [6.45, 7) is 3.87. The predicted octanol–water partition coefficient (Wildman–Crippen LogP) is 5.19. The van der Waals surface area contributed by atoms with Gasteiger partial charge in [-0.3, -0.25) is 4.79 Å². The van der Waals surface area contributed by atoms with Crippen LogP contribution in [0, 0.1) is 5.82 Å². The first-order valence-corrected chi connectivity index (χ1v) is 12.8. The Labute approximate surface area is 227 Å². The Bertz CT molecular complexity index is 1340. The number of hydrogen-bond donors (Lipinski definition) is 3. The van der Waals surface area contributed by atoms with Gasteiger partial charge in [-0.25, -0.2) is 8.78 Å². The molecule has 2 atom stereocenters. The number of ketones is 1. The summed E-state index contributed by atoms with van der Waals surface area (Å²) in [6, 6.07) is 9.28. The van der Waals surface area contributed by atoms with Gasteiger partial charge in [0.05, 0.1) is 32.3 Å². The molecular formula is C30H34F2N2O5. The number of methoxy groups -OCH3 is 2. The number of hydrogen-bond acceptors (Lipinski definition) is 7. The molecule has 2 aromatic rings. The van der Waals surface area contributed by atoms with E-state index in [4.69, 9.17) is 19.3 Å². The lowest BCUT2D eigenvalue weighted by Crippen LogP contribution is -2.39. The maximum atomic E-state index is 14.7. The molecule has 1 aliphatic carbocycles. The summed E-state index contributed by atoms with van der Waals surface area (Å²) < 4.78 is 45.1. The highest BCUT2D eigenvalue weighted by atomic mass is 19.1. The van der Waals surface area contributed by atoms with E-state index in [1.54, 1.807) is 36.5 Å². The van der Waals surface area contributed by atoms with Crippen molar-refractivity contribution in [2.45, 2.75) is 38.1 Å². The smallest absolute Gasteiger partial charge is 0.174 e. The maximum absolute atomic E-state index is 14.7. The molecule has 0 bridgehead atoms. The van der Waals surface area contributed by atoms with E-state index in [1.807, 2.05) is 13.8 Å². The number of ether oxygens (including phenoxy) is 3. The van der Waals surface area contributed by atoms with Gasteiger partial charge in [0.1, 0.15) is 35.5 Å². The summed E-state index contributed by atoms with van der Waals surface area (Å²) >= 11 is 0. The Kier molecular flexibility index (Phi) is 8.60. The van der Waals surface area contributed by atoms with Crippen molar-refractivity contribution in [3.8, 4) is 17.2 Å².